The first kappa shape index (κ1) is 25.1. The number of hydrogen-bond acceptors (Lipinski definition) is 3. The molecule has 0 saturated heterocycles. The van der Waals surface area contributed by atoms with Gasteiger partial charge in [-0.15, -0.1) is 26.3 Å². The largest absolute Gasteiger partial charge is 0.573 e. The lowest BCUT2D eigenvalue weighted by Crippen LogP contribution is -2.17. The van der Waals surface area contributed by atoms with E-state index in [9.17, 15) is 35.1 Å². The van der Waals surface area contributed by atoms with Crippen LogP contribution in [0.1, 0.15) is 0 Å². The van der Waals surface area contributed by atoms with Crippen LogP contribution in [0, 0.1) is 11.6 Å². The number of hydrogen-bond donors (Lipinski definition) is 1. The molecule has 0 aliphatic rings. The third kappa shape index (κ3) is 6.10. The average molecular weight is 496 g/mol. The van der Waals surface area contributed by atoms with Crippen molar-refractivity contribution >= 4 is 21.8 Å². The van der Waals surface area contributed by atoms with Gasteiger partial charge < -0.3 is 23.8 Å². The van der Waals surface area contributed by atoms with Gasteiger partial charge in [-0.3, -0.25) is 0 Å². The summed E-state index contributed by atoms with van der Waals surface area (Å²) in [5.74, 6) is -2.06. The Labute approximate surface area is 186 Å². The van der Waals surface area contributed by atoms with E-state index >= 15 is 0 Å². The summed E-state index contributed by atoms with van der Waals surface area (Å²) >= 11 is 0. The monoisotopic (exact) mass is 496 g/mol. The quantitative estimate of drug-likeness (QED) is 0.320. The maximum Gasteiger partial charge on any atom is 0.573 e. The molecule has 0 saturated carbocycles. The molecule has 13 heteroatoms. The molecule has 0 aliphatic carbocycles. The van der Waals surface area contributed by atoms with E-state index < -0.39 is 35.9 Å². The predicted octanol–water partition coefficient (Wildman–Crippen LogP) is 6.53. The van der Waals surface area contributed by atoms with Crippen molar-refractivity contribution in [2.75, 3.05) is 13.7 Å². The topological polar surface area (TPSA) is 48.4 Å². The second kappa shape index (κ2) is 9.79. The lowest BCUT2D eigenvalue weighted by molar-refractivity contribution is -0.275. The number of rotatable bonds is 5. The molecule has 0 radical (unpaired) electrons. The molecule has 1 N–H and O–H groups in total. The number of alkyl halides is 6. The van der Waals surface area contributed by atoms with Gasteiger partial charge in [0.1, 0.15) is 23.1 Å². The molecule has 0 aliphatic heterocycles. The van der Waals surface area contributed by atoms with Gasteiger partial charge in [0.2, 0.25) is 0 Å². The molecule has 2 heterocycles. The number of H-pyrrole nitrogens is 1. The van der Waals surface area contributed by atoms with E-state index in [0.717, 1.165) is 24.3 Å². The SMILES string of the molecule is COCCn1ccc2c(OC(F)(F)F)ccc(F)c21.Fc1ccc(OC(F)(F)F)c2cc[nH]c12. The van der Waals surface area contributed by atoms with Crippen molar-refractivity contribution in [3.05, 3.63) is 60.4 Å². The fraction of sp³-hybridized carbons (Fsp3) is 0.238. The Morgan fingerprint density at radius 2 is 1.38 bits per heavy atom. The fourth-order valence-corrected chi connectivity index (χ4v) is 3.15. The van der Waals surface area contributed by atoms with Gasteiger partial charge in [0.25, 0.3) is 0 Å². The van der Waals surface area contributed by atoms with Gasteiger partial charge in [-0.1, -0.05) is 0 Å². The van der Waals surface area contributed by atoms with Crippen molar-refractivity contribution < 1.29 is 49.3 Å². The van der Waals surface area contributed by atoms with E-state index in [1.165, 1.54) is 36.2 Å². The summed E-state index contributed by atoms with van der Waals surface area (Å²) < 4.78 is 113. The lowest BCUT2D eigenvalue weighted by atomic mass is 10.2. The number of nitrogens with zero attached hydrogens (tertiary/aromatic N) is 1. The third-order valence-corrected chi connectivity index (χ3v) is 4.46. The summed E-state index contributed by atoms with van der Waals surface area (Å²) in [6, 6.07) is 6.48. The van der Waals surface area contributed by atoms with Crippen molar-refractivity contribution in [1.29, 1.82) is 0 Å². The van der Waals surface area contributed by atoms with Crippen molar-refractivity contribution in [2.24, 2.45) is 0 Å². The molecule has 2 aromatic heterocycles. The molecule has 0 amide bonds. The van der Waals surface area contributed by atoms with Gasteiger partial charge >= 0.3 is 12.7 Å². The summed E-state index contributed by atoms with van der Waals surface area (Å²) in [5, 5.41) is 0.140. The molecular weight excluding hydrogens is 480 g/mol. The van der Waals surface area contributed by atoms with Crippen LogP contribution in [0.3, 0.4) is 0 Å². The maximum atomic E-state index is 13.7. The van der Waals surface area contributed by atoms with Crippen LogP contribution in [0.5, 0.6) is 11.5 Å². The molecule has 2 aromatic carbocycles. The number of ether oxygens (including phenoxy) is 3. The summed E-state index contributed by atoms with van der Waals surface area (Å²) in [5.41, 5.74) is 0.0653. The normalized spacial score (nSPS) is 12.0. The van der Waals surface area contributed by atoms with Crippen LogP contribution < -0.4 is 9.47 Å². The Kier molecular flexibility index (Phi) is 7.24. The second-order valence-electron chi connectivity index (χ2n) is 6.72. The van der Waals surface area contributed by atoms with Crippen molar-refractivity contribution in [3.8, 4) is 11.5 Å². The second-order valence-corrected chi connectivity index (χ2v) is 6.72. The van der Waals surface area contributed by atoms with Crippen LogP contribution in [0.2, 0.25) is 0 Å². The number of aromatic amines is 1. The number of methoxy groups -OCH3 is 1. The molecule has 5 nitrogen and oxygen atoms in total. The molecule has 0 fully saturated rings. The smallest absolute Gasteiger partial charge is 0.405 e. The van der Waals surface area contributed by atoms with E-state index in [4.69, 9.17) is 4.74 Å². The highest BCUT2D eigenvalue weighted by Crippen LogP contribution is 2.33. The highest BCUT2D eigenvalue weighted by molar-refractivity contribution is 5.87. The average Bonchev–Trinajstić information content (AvgIpc) is 3.38. The molecule has 4 rings (SSSR count). The Balaban J connectivity index is 0.000000196. The summed E-state index contributed by atoms with van der Waals surface area (Å²) in [7, 11) is 1.49. The van der Waals surface area contributed by atoms with Gasteiger partial charge in [-0.2, -0.15) is 0 Å². The van der Waals surface area contributed by atoms with Crippen LogP contribution in [0.15, 0.2) is 48.8 Å². The van der Waals surface area contributed by atoms with Gasteiger partial charge in [-0.05, 0) is 36.4 Å². The van der Waals surface area contributed by atoms with Crippen LogP contribution >= 0.6 is 0 Å². The highest BCUT2D eigenvalue weighted by Gasteiger charge is 2.33. The Hall–Kier alpha value is -3.48. The van der Waals surface area contributed by atoms with Crippen LogP contribution in [0.25, 0.3) is 21.8 Å². The van der Waals surface area contributed by atoms with E-state index in [1.54, 1.807) is 0 Å². The van der Waals surface area contributed by atoms with Gasteiger partial charge in [0.05, 0.1) is 17.6 Å². The molecular formula is C21H16F8N2O3. The van der Waals surface area contributed by atoms with Crippen LogP contribution in [-0.4, -0.2) is 36.0 Å². The minimum absolute atomic E-state index is 0.00301. The number of nitrogens with one attached hydrogen (secondary N) is 1. The zero-order valence-electron chi connectivity index (χ0n) is 17.2. The minimum atomic E-state index is -4.81. The Morgan fingerprint density at radius 3 is 1.97 bits per heavy atom. The van der Waals surface area contributed by atoms with Gasteiger partial charge in [0.15, 0.2) is 0 Å². The first-order chi connectivity index (χ1) is 15.9. The Bertz CT molecular complexity index is 1260. The number of aromatic nitrogens is 2. The summed E-state index contributed by atoms with van der Waals surface area (Å²) in [6.45, 7) is 0.667. The molecule has 0 bridgehead atoms. The van der Waals surface area contributed by atoms with Gasteiger partial charge in [-0.25, -0.2) is 8.78 Å². The fourth-order valence-electron chi connectivity index (χ4n) is 3.15. The van der Waals surface area contributed by atoms with Crippen molar-refractivity contribution in [2.45, 2.75) is 19.3 Å². The first-order valence-electron chi connectivity index (χ1n) is 9.43. The van der Waals surface area contributed by atoms with Crippen molar-refractivity contribution in [3.63, 3.8) is 0 Å². The van der Waals surface area contributed by atoms with Crippen LogP contribution in [0.4, 0.5) is 35.1 Å². The molecule has 184 valence electrons. The van der Waals surface area contributed by atoms with Crippen molar-refractivity contribution in [1.82, 2.24) is 9.55 Å². The zero-order valence-corrected chi connectivity index (χ0v) is 17.2. The molecule has 0 atom stereocenters. The molecule has 0 spiro atoms. The molecule has 0 unspecified atom stereocenters. The zero-order chi connectivity index (χ0) is 25.1. The first-order valence-corrected chi connectivity index (χ1v) is 9.43. The summed E-state index contributed by atoms with van der Waals surface area (Å²) in [6.07, 6.45) is -6.74. The minimum Gasteiger partial charge on any atom is -0.405 e. The van der Waals surface area contributed by atoms with E-state index in [0.29, 0.717) is 13.2 Å². The number of benzene rings is 2. The van der Waals surface area contributed by atoms with Gasteiger partial charge in [0, 0.05) is 36.8 Å². The number of fused-ring (bicyclic) bond motifs is 2. The van der Waals surface area contributed by atoms with E-state index in [-0.39, 0.29) is 21.8 Å². The Morgan fingerprint density at radius 1 is 0.794 bits per heavy atom. The maximum absolute atomic E-state index is 13.7. The lowest BCUT2D eigenvalue weighted by Gasteiger charge is -2.11. The van der Waals surface area contributed by atoms with E-state index in [1.807, 2.05) is 0 Å². The molecule has 4 aromatic rings. The third-order valence-electron chi connectivity index (χ3n) is 4.46. The standard InChI is InChI=1S/C12H11F4NO2.C9H5F4NO/c1-18-7-6-17-5-4-8-10(19-12(14,15)16)3-2-9(13)11(8)17;10-6-1-2-7(15-9(11,12)13)5-3-4-14-8(5)6/h2-5H,6-7H2,1H3;1-4,14H. The number of halogens is 8. The molecule has 34 heavy (non-hydrogen) atoms. The summed E-state index contributed by atoms with van der Waals surface area (Å²) in [4.78, 5) is 2.49. The highest BCUT2D eigenvalue weighted by atomic mass is 19.4. The van der Waals surface area contributed by atoms with Crippen LogP contribution in [-0.2, 0) is 11.3 Å². The van der Waals surface area contributed by atoms with E-state index in [2.05, 4.69) is 14.5 Å². The predicted molar refractivity (Wildman–Crippen MR) is 105 cm³/mol.